The highest BCUT2D eigenvalue weighted by atomic mass is 32.1. The molecule has 0 saturated carbocycles. The summed E-state index contributed by atoms with van der Waals surface area (Å²) in [7, 11) is 3.29. The van der Waals surface area contributed by atoms with Crippen molar-refractivity contribution in [2.45, 2.75) is 19.4 Å². The van der Waals surface area contributed by atoms with Crippen LogP contribution in [0.5, 0.6) is 5.88 Å². The Hall–Kier alpha value is -2.89. The molecule has 4 aromatic rings. The van der Waals surface area contributed by atoms with Crippen molar-refractivity contribution >= 4 is 43.8 Å². The molecule has 1 amide bonds. The molecule has 8 nitrogen and oxygen atoms in total. The number of amides is 1. The van der Waals surface area contributed by atoms with Gasteiger partial charge in [0.05, 0.1) is 23.9 Å². The molecule has 0 spiro atoms. The van der Waals surface area contributed by atoms with E-state index >= 15 is 0 Å². The molecule has 0 saturated heterocycles. The molecule has 1 aliphatic heterocycles. The third-order valence-corrected chi connectivity index (χ3v) is 8.27. The number of thiazole rings is 1. The molecule has 0 atom stereocenters. The Labute approximate surface area is 218 Å². The van der Waals surface area contributed by atoms with Crippen LogP contribution in [0.1, 0.15) is 16.9 Å². The first kappa shape index (κ1) is 24.8. The monoisotopic (exact) mass is 523 g/mol. The molecule has 0 fully saturated rings. The molecule has 0 bridgehead atoms. The minimum atomic E-state index is 0.00255. The first-order valence-corrected chi connectivity index (χ1v) is 13.6. The molecule has 3 aromatic heterocycles. The molecule has 1 aromatic carbocycles. The van der Waals surface area contributed by atoms with Gasteiger partial charge in [0.25, 0.3) is 0 Å². The predicted molar refractivity (Wildman–Crippen MR) is 146 cm³/mol. The Morgan fingerprint density at radius 1 is 1.14 bits per heavy atom. The second kappa shape index (κ2) is 11.4. The van der Waals surface area contributed by atoms with Crippen LogP contribution in [0, 0.1) is 0 Å². The number of carbonyl (C=O) groups is 1. The number of hydrogen-bond donors (Lipinski definition) is 3. The van der Waals surface area contributed by atoms with E-state index < -0.39 is 0 Å². The normalized spacial score (nSPS) is 13.1. The SMILES string of the molecule is COCCNCCC(=O)Nc1sc2c(c1-c1nc3cc(-c4ccnc(OC)c4)ccc3s1)CCNC2. The number of hydrogen-bond acceptors (Lipinski definition) is 9. The van der Waals surface area contributed by atoms with Gasteiger partial charge >= 0.3 is 0 Å². The Morgan fingerprint density at radius 2 is 2.03 bits per heavy atom. The van der Waals surface area contributed by atoms with Gasteiger partial charge < -0.3 is 25.4 Å². The van der Waals surface area contributed by atoms with Crippen molar-refractivity contribution in [3.8, 4) is 27.6 Å². The minimum absolute atomic E-state index is 0.00255. The van der Waals surface area contributed by atoms with E-state index in [1.54, 1.807) is 43.1 Å². The second-order valence-corrected chi connectivity index (χ2v) is 10.6. The topological polar surface area (TPSA) is 97.4 Å². The Bertz CT molecular complexity index is 1370. The summed E-state index contributed by atoms with van der Waals surface area (Å²) in [5.74, 6) is 0.585. The third-order valence-electron chi connectivity index (χ3n) is 6.07. The molecule has 36 heavy (non-hydrogen) atoms. The summed E-state index contributed by atoms with van der Waals surface area (Å²) in [5, 5.41) is 11.7. The number of fused-ring (bicyclic) bond motifs is 2. The summed E-state index contributed by atoms with van der Waals surface area (Å²) < 4.78 is 11.4. The van der Waals surface area contributed by atoms with Gasteiger partial charge in [0.2, 0.25) is 11.8 Å². The van der Waals surface area contributed by atoms with Crippen LogP contribution in [0.3, 0.4) is 0 Å². The number of nitrogens with one attached hydrogen (secondary N) is 3. The average molecular weight is 524 g/mol. The molecule has 188 valence electrons. The summed E-state index contributed by atoms with van der Waals surface area (Å²) in [6.45, 7) is 3.71. The van der Waals surface area contributed by atoms with Crippen molar-refractivity contribution in [3.05, 3.63) is 47.0 Å². The minimum Gasteiger partial charge on any atom is -0.481 e. The van der Waals surface area contributed by atoms with Crippen molar-refractivity contribution < 1.29 is 14.3 Å². The van der Waals surface area contributed by atoms with Crippen molar-refractivity contribution in [3.63, 3.8) is 0 Å². The van der Waals surface area contributed by atoms with Gasteiger partial charge in [-0.3, -0.25) is 4.79 Å². The molecule has 1 aliphatic rings. The van der Waals surface area contributed by atoms with Gasteiger partial charge in [0.1, 0.15) is 10.0 Å². The van der Waals surface area contributed by atoms with Gasteiger partial charge in [-0.1, -0.05) is 6.07 Å². The molecule has 10 heteroatoms. The zero-order valence-electron chi connectivity index (χ0n) is 20.3. The number of rotatable bonds is 10. The zero-order valence-corrected chi connectivity index (χ0v) is 22.0. The maximum Gasteiger partial charge on any atom is 0.226 e. The Kier molecular flexibility index (Phi) is 7.88. The van der Waals surface area contributed by atoms with Crippen LogP contribution < -0.4 is 20.7 Å². The molecular formula is C26H29N5O3S2. The fourth-order valence-electron chi connectivity index (χ4n) is 4.25. The van der Waals surface area contributed by atoms with E-state index in [0.717, 1.165) is 63.0 Å². The Morgan fingerprint density at radius 3 is 2.89 bits per heavy atom. The number of anilines is 1. The van der Waals surface area contributed by atoms with Gasteiger partial charge in [0, 0.05) is 55.9 Å². The van der Waals surface area contributed by atoms with Crippen molar-refractivity contribution in [2.75, 3.05) is 45.8 Å². The number of methoxy groups -OCH3 is 2. The van der Waals surface area contributed by atoms with Crippen molar-refractivity contribution in [1.82, 2.24) is 20.6 Å². The van der Waals surface area contributed by atoms with E-state index in [4.69, 9.17) is 14.5 Å². The zero-order chi connectivity index (χ0) is 24.9. The third kappa shape index (κ3) is 5.42. The van der Waals surface area contributed by atoms with E-state index in [1.165, 1.54) is 10.4 Å². The van der Waals surface area contributed by atoms with Gasteiger partial charge in [0.15, 0.2) is 0 Å². The number of pyridine rings is 1. The van der Waals surface area contributed by atoms with Crippen molar-refractivity contribution in [2.24, 2.45) is 0 Å². The van der Waals surface area contributed by atoms with Crippen molar-refractivity contribution in [1.29, 1.82) is 0 Å². The Balaban J connectivity index is 1.43. The quantitative estimate of drug-likeness (QED) is 0.267. The lowest BCUT2D eigenvalue weighted by Crippen LogP contribution is -2.24. The lowest BCUT2D eigenvalue weighted by molar-refractivity contribution is -0.116. The predicted octanol–water partition coefficient (Wildman–Crippen LogP) is 4.31. The number of ether oxygens (including phenoxy) is 2. The molecule has 5 rings (SSSR count). The lowest BCUT2D eigenvalue weighted by Gasteiger charge is -2.13. The fourth-order valence-corrected chi connectivity index (χ4v) is 6.58. The maximum absolute atomic E-state index is 12.7. The lowest BCUT2D eigenvalue weighted by atomic mass is 10.0. The number of benzene rings is 1. The first-order chi connectivity index (χ1) is 17.7. The largest absolute Gasteiger partial charge is 0.481 e. The molecule has 0 aliphatic carbocycles. The highest BCUT2D eigenvalue weighted by Gasteiger charge is 2.25. The van der Waals surface area contributed by atoms with E-state index in [0.29, 0.717) is 25.5 Å². The van der Waals surface area contributed by atoms with Crippen LogP contribution in [0.25, 0.3) is 31.9 Å². The first-order valence-electron chi connectivity index (χ1n) is 11.9. The van der Waals surface area contributed by atoms with Crippen LogP contribution in [0.4, 0.5) is 5.00 Å². The summed E-state index contributed by atoms with van der Waals surface area (Å²) in [6, 6.07) is 10.2. The molecule has 0 unspecified atom stereocenters. The van der Waals surface area contributed by atoms with Gasteiger partial charge in [-0.25, -0.2) is 9.97 Å². The molecule has 3 N–H and O–H groups in total. The van der Waals surface area contributed by atoms with Crippen LogP contribution in [0.2, 0.25) is 0 Å². The van der Waals surface area contributed by atoms with Crippen LogP contribution in [-0.4, -0.2) is 56.3 Å². The summed E-state index contributed by atoms with van der Waals surface area (Å²) >= 11 is 3.33. The number of carbonyl (C=O) groups excluding carboxylic acids is 1. The summed E-state index contributed by atoms with van der Waals surface area (Å²) in [5.41, 5.74) is 5.41. The van der Waals surface area contributed by atoms with Crippen LogP contribution in [-0.2, 0) is 22.5 Å². The highest BCUT2D eigenvalue weighted by Crippen LogP contribution is 2.45. The smallest absolute Gasteiger partial charge is 0.226 e. The molecule has 4 heterocycles. The van der Waals surface area contributed by atoms with E-state index in [2.05, 4.69) is 39.1 Å². The number of nitrogens with zero attached hydrogens (tertiary/aromatic N) is 2. The summed E-state index contributed by atoms with van der Waals surface area (Å²) in [4.78, 5) is 23.3. The van der Waals surface area contributed by atoms with Gasteiger partial charge in [-0.15, -0.1) is 22.7 Å². The van der Waals surface area contributed by atoms with E-state index in [9.17, 15) is 4.79 Å². The standard InChI is InChI=1S/C26H29N5O3S2/c1-33-12-11-27-9-7-22(32)31-26-24(18-6-8-28-15-21(18)36-26)25-30-19-13-16(3-4-20(19)35-25)17-5-10-29-23(14-17)34-2/h3-5,10,13-14,27-28H,6-9,11-12,15H2,1-2H3,(H,31,32). The summed E-state index contributed by atoms with van der Waals surface area (Å²) in [6.07, 6.45) is 3.08. The van der Waals surface area contributed by atoms with Gasteiger partial charge in [-0.05, 0) is 47.9 Å². The maximum atomic E-state index is 12.7. The van der Waals surface area contributed by atoms with Gasteiger partial charge in [-0.2, -0.15) is 0 Å². The molecular weight excluding hydrogens is 494 g/mol. The second-order valence-electron chi connectivity index (χ2n) is 8.46. The van der Waals surface area contributed by atoms with Crippen LogP contribution in [0.15, 0.2) is 36.5 Å². The van der Waals surface area contributed by atoms with E-state index in [-0.39, 0.29) is 5.91 Å². The van der Waals surface area contributed by atoms with E-state index in [1.807, 2.05) is 12.1 Å². The number of thiophene rings is 1. The fraction of sp³-hybridized carbons (Fsp3) is 0.346. The highest BCUT2D eigenvalue weighted by molar-refractivity contribution is 7.23. The average Bonchev–Trinajstić information content (AvgIpc) is 3.48. The van der Waals surface area contributed by atoms with Crippen LogP contribution >= 0.6 is 22.7 Å². The number of aromatic nitrogens is 2. The molecule has 0 radical (unpaired) electrons.